The third-order valence-electron chi connectivity index (χ3n) is 2.16. The molecule has 0 atom stereocenters. The number of aliphatic carboxylic acids is 1. The second kappa shape index (κ2) is 5.05. The molecule has 0 fully saturated rings. The minimum Gasteiger partial charge on any atom is -0.481 e. The van der Waals surface area contributed by atoms with Crippen LogP contribution in [0.5, 0.6) is 0 Å². The molecule has 0 spiro atoms. The Hall–Kier alpha value is -2.08. The molecule has 2 rings (SSSR count). The number of hydrogen-bond acceptors (Lipinski definition) is 4. The van der Waals surface area contributed by atoms with Crippen LogP contribution in [0.3, 0.4) is 0 Å². The number of hydrogen-bond donors (Lipinski definition) is 2. The van der Waals surface area contributed by atoms with E-state index in [9.17, 15) is 9.59 Å². The Labute approximate surface area is 107 Å². The Morgan fingerprint density at radius 2 is 2.17 bits per heavy atom. The maximum absolute atomic E-state index is 11.4. The fourth-order valence-corrected chi connectivity index (χ4v) is 1.52. The van der Waals surface area contributed by atoms with Gasteiger partial charge in [-0.1, -0.05) is 11.6 Å². The predicted octanol–water partition coefficient (Wildman–Crippen LogP) is 2.28. The van der Waals surface area contributed by atoms with Crippen molar-refractivity contribution in [3.8, 4) is 0 Å². The number of aromatic nitrogens is 1. The lowest BCUT2D eigenvalue weighted by atomic mass is 10.3. The van der Waals surface area contributed by atoms with Crippen LogP contribution in [0.4, 0.5) is 6.01 Å². The zero-order valence-electron chi connectivity index (χ0n) is 9.14. The number of halogens is 1. The molecule has 0 aliphatic rings. The largest absolute Gasteiger partial charge is 0.481 e. The molecule has 7 heteroatoms. The standard InChI is InChI=1S/C11H9ClN2O4/c12-6-1-2-8-7(5-6)13-11(18-8)14-9(15)3-4-10(16)17/h1-2,5H,3-4H2,(H,16,17)(H,13,14,15). The van der Waals surface area contributed by atoms with Crippen molar-refractivity contribution in [3.05, 3.63) is 23.2 Å². The summed E-state index contributed by atoms with van der Waals surface area (Å²) in [6.45, 7) is 0. The lowest BCUT2D eigenvalue weighted by Gasteiger charge is -1.97. The molecule has 2 aromatic rings. The van der Waals surface area contributed by atoms with E-state index in [0.717, 1.165) is 0 Å². The number of fused-ring (bicyclic) bond motifs is 1. The predicted molar refractivity (Wildman–Crippen MR) is 64.5 cm³/mol. The molecule has 18 heavy (non-hydrogen) atoms. The summed E-state index contributed by atoms with van der Waals surface area (Å²) in [5.41, 5.74) is 1.02. The van der Waals surface area contributed by atoms with Gasteiger partial charge in [-0.2, -0.15) is 4.98 Å². The number of benzene rings is 1. The molecule has 6 nitrogen and oxygen atoms in total. The van der Waals surface area contributed by atoms with Gasteiger partial charge in [-0.05, 0) is 18.2 Å². The topological polar surface area (TPSA) is 92.4 Å². The first-order chi connectivity index (χ1) is 8.54. The van der Waals surface area contributed by atoms with E-state index in [1.54, 1.807) is 18.2 Å². The molecule has 0 radical (unpaired) electrons. The van der Waals surface area contributed by atoms with Crippen LogP contribution in [0.25, 0.3) is 11.1 Å². The smallest absolute Gasteiger partial charge is 0.303 e. The van der Waals surface area contributed by atoms with Crippen molar-refractivity contribution in [2.45, 2.75) is 12.8 Å². The molecule has 0 unspecified atom stereocenters. The van der Waals surface area contributed by atoms with Gasteiger partial charge in [0.2, 0.25) is 5.91 Å². The summed E-state index contributed by atoms with van der Waals surface area (Å²) in [4.78, 5) is 25.7. The molecule has 94 valence electrons. The Kier molecular flexibility index (Phi) is 3.47. The number of carboxylic acid groups (broad SMARTS) is 1. The lowest BCUT2D eigenvalue weighted by molar-refractivity contribution is -0.138. The highest BCUT2D eigenvalue weighted by Crippen LogP contribution is 2.22. The lowest BCUT2D eigenvalue weighted by Crippen LogP contribution is -2.13. The number of carbonyl (C=O) groups excluding carboxylic acids is 1. The van der Waals surface area contributed by atoms with Crippen molar-refractivity contribution in [1.82, 2.24) is 4.98 Å². The molecule has 0 bridgehead atoms. The molecule has 0 aliphatic heterocycles. The fourth-order valence-electron chi connectivity index (χ4n) is 1.36. The van der Waals surface area contributed by atoms with Crippen LogP contribution < -0.4 is 5.32 Å². The van der Waals surface area contributed by atoms with Crippen LogP contribution in [0.2, 0.25) is 5.02 Å². The minimum atomic E-state index is -1.03. The highest BCUT2D eigenvalue weighted by atomic mass is 35.5. The van der Waals surface area contributed by atoms with Crippen molar-refractivity contribution in [2.24, 2.45) is 0 Å². The fraction of sp³-hybridized carbons (Fsp3) is 0.182. The molecule has 1 aromatic heterocycles. The van der Waals surface area contributed by atoms with Gasteiger partial charge in [-0.25, -0.2) is 0 Å². The summed E-state index contributed by atoms with van der Waals surface area (Å²) >= 11 is 5.78. The van der Waals surface area contributed by atoms with Gasteiger partial charge >= 0.3 is 12.0 Å². The Bertz CT molecular complexity index is 608. The van der Waals surface area contributed by atoms with E-state index in [1.165, 1.54) is 0 Å². The number of rotatable bonds is 4. The zero-order valence-corrected chi connectivity index (χ0v) is 9.90. The molecule has 0 saturated heterocycles. The van der Waals surface area contributed by atoms with Crippen molar-refractivity contribution in [1.29, 1.82) is 0 Å². The monoisotopic (exact) mass is 268 g/mol. The number of anilines is 1. The van der Waals surface area contributed by atoms with E-state index in [0.29, 0.717) is 16.1 Å². The SMILES string of the molecule is O=C(O)CCC(=O)Nc1nc2cc(Cl)ccc2o1. The number of carbonyl (C=O) groups is 2. The Balaban J connectivity index is 2.07. The summed E-state index contributed by atoms with van der Waals surface area (Å²) in [5.74, 6) is -1.50. The van der Waals surface area contributed by atoms with E-state index < -0.39 is 11.9 Å². The summed E-state index contributed by atoms with van der Waals surface area (Å²) < 4.78 is 5.25. The molecule has 1 aromatic carbocycles. The maximum Gasteiger partial charge on any atom is 0.303 e. The van der Waals surface area contributed by atoms with Gasteiger partial charge < -0.3 is 9.52 Å². The minimum absolute atomic E-state index is 0.0302. The van der Waals surface area contributed by atoms with Crippen LogP contribution in [0.1, 0.15) is 12.8 Å². The van der Waals surface area contributed by atoms with Gasteiger partial charge in [0.1, 0.15) is 5.52 Å². The van der Waals surface area contributed by atoms with Crippen LogP contribution >= 0.6 is 11.6 Å². The van der Waals surface area contributed by atoms with Crippen molar-refractivity contribution >= 4 is 40.6 Å². The number of nitrogens with one attached hydrogen (secondary N) is 1. The highest BCUT2D eigenvalue weighted by Gasteiger charge is 2.10. The van der Waals surface area contributed by atoms with E-state index >= 15 is 0 Å². The third kappa shape index (κ3) is 2.98. The second-order valence-corrected chi connectivity index (χ2v) is 4.01. The second-order valence-electron chi connectivity index (χ2n) is 3.57. The van der Waals surface area contributed by atoms with E-state index in [2.05, 4.69) is 10.3 Å². The third-order valence-corrected chi connectivity index (χ3v) is 2.40. The number of nitrogens with zero attached hydrogens (tertiary/aromatic N) is 1. The van der Waals surface area contributed by atoms with Crippen molar-refractivity contribution < 1.29 is 19.1 Å². The quantitative estimate of drug-likeness (QED) is 0.887. The highest BCUT2D eigenvalue weighted by molar-refractivity contribution is 6.31. The van der Waals surface area contributed by atoms with Gasteiger partial charge in [0.05, 0.1) is 6.42 Å². The van der Waals surface area contributed by atoms with Gasteiger partial charge in [0.15, 0.2) is 5.58 Å². The average molecular weight is 269 g/mol. The first kappa shape index (κ1) is 12.4. The van der Waals surface area contributed by atoms with E-state index in [-0.39, 0.29) is 18.9 Å². The molecule has 0 saturated carbocycles. The maximum atomic E-state index is 11.4. The van der Waals surface area contributed by atoms with Gasteiger partial charge in [0, 0.05) is 11.4 Å². The summed E-state index contributed by atoms with van der Waals surface area (Å²) in [5, 5.41) is 11.3. The number of amides is 1. The normalized spacial score (nSPS) is 10.5. The molecule has 1 amide bonds. The summed E-state index contributed by atoms with van der Waals surface area (Å²) in [7, 11) is 0. The van der Waals surface area contributed by atoms with Gasteiger partial charge in [0.25, 0.3) is 0 Å². The van der Waals surface area contributed by atoms with Crippen molar-refractivity contribution in [2.75, 3.05) is 5.32 Å². The summed E-state index contributed by atoms with van der Waals surface area (Å²) in [6.07, 6.45) is -0.368. The van der Waals surface area contributed by atoms with Crippen LogP contribution in [0, 0.1) is 0 Å². The van der Waals surface area contributed by atoms with Crippen LogP contribution in [-0.2, 0) is 9.59 Å². The zero-order chi connectivity index (χ0) is 13.1. The van der Waals surface area contributed by atoms with Gasteiger partial charge in [-0.15, -0.1) is 0 Å². The van der Waals surface area contributed by atoms with E-state index in [4.69, 9.17) is 21.1 Å². The van der Waals surface area contributed by atoms with Crippen LogP contribution in [-0.4, -0.2) is 22.0 Å². The van der Waals surface area contributed by atoms with Gasteiger partial charge in [-0.3, -0.25) is 14.9 Å². The Morgan fingerprint density at radius 3 is 2.89 bits per heavy atom. The first-order valence-corrected chi connectivity index (χ1v) is 5.50. The molecular weight excluding hydrogens is 260 g/mol. The molecular formula is C11H9ClN2O4. The summed E-state index contributed by atoms with van der Waals surface area (Å²) in [6, 6.07) is 4.92. The average Bonchev–Trinajstić information content (AvgIpc) is 2.67. The van der Waals surface area contributed by atoms with Crippen molar-refractivity contribution in [3.63, 3.8) is 0 Å². The number of oxazole rings is 1. The molecule has 2 N–H and O–H groups in total. The molecule has 1 heterocycles. The molecule has 0 aliphatic carbocycles. The number of carboxylic acids is 1. The van der Waals surface area contributed by atoms with E-state index in [1.807, 2.05) is 0 Å². The first-order valence-electron chi connectivity index (χ1n) is 5.12. The Morgan fingerprint density at radius 1 is 1.39 bits per heavy atom. The van der Waals surface area contributed by atoms with Crippen LogP contribution in [0.15, 0.2) is 22.6 Å².